The van der Waals surface area contributed by atoms with Gasteiger partial charge in [0.15, 0.2) is 0 Å². The molecule has 0 aromatic carbocycles. The Morgan fingerprint density at radius 3 is 2.68 bits per heavy atom. The summed E-state index contributed by atoms with van der Waals surface area (Å²) >= 11 is 1.19. The molecule has 1 saturated carbocycles. The molecule has 1 aliphatic heterocycles. The maximum absolute atomic E-state index is 12.8. The van der Waals surface area contributed by atoms with Crippen LogP contribution in [-0.2, 0) is 20.9 Å². The van der Waals surface area contributed by atoms with Crippen LogP contribution in [0.4, 0.5) is 9.93 Å². The summed E-state index contributed by atoms with van der Waals surface area (Å²) in [7, 11) is 3.19. The van der Waals surface area contributed by atoms with Gasteiger partial charge in [0.25, 0.3) is 5.91 Å². The number of anilines is 1. The molecule has 0 atom stereocenters. The van der Waals surface area contributed by atoms with Crippen LogP contribution < -0.4 is 5.32 Å². The minimum absolute atomic E-state index is 0.271. The van der Waals surface area contributed by atoms with E-state index in [4.69, 9.17) is 4.74 Å². The fourth-order valence-corrected chi connectivity index (χ4v) is 4.19. The van der Waals surface area contributed by atoms with Crippen molar-refractivity contribution in [2.45, 2.75) is 44.2 Å². The number of imide groups is 1. The Labute approximate surface area is 149 Å². The number of hydrogen-bond donors (Lipinski definition) is 1. The van der Waals surface area contributed by atoms with E-state index in [-0.39, 0.29) is 12.5 Å². The second-order valence-corrected chi connectivity index (χ2v) is 7.37. The average molecular weight is 367 g/mol. The maximum atomic E-state index is 12.8. The van der Waals surface area contributed by atoms with Crippen LogP contribution in [0.2, 0.25) is 0 Å². The number of aromatic nitrogens is 2. The largest absolute Gasteiger partial charge is 0.377 e. The number of carbonyl (C=O) groups excluding carboxylic acids is 3. The van der Waals surface area contributed by atoms with E-state index in [1.54, 1.807) is 14.2 Å². The first-order valence-corrected chi connectivity index (χ1v) is 9.00. The third-order valence-electron chi connectivity index (χ3n) is 4.77. The molecule has 25 heavy (non-hydrogen) atoms. The second-order valence-electron chi connectivity index (χ2n) is 6.31. The summed E-state index contributed by atoms with van der Waals surface area (Å²) in [4.78, 5) is 40.1. The highest BCUT2D eigenvalue weighted by molar-refractivity contribution is 7.15. The highest BCUT2D eigenvalue weighted by Gasteiger charge is 2.55. The number of likely N-dealkylation sites (N-methyl/N-ethyl adjacent to an activating group) is 1. The van der Waals surface area contributed by atoms with Crippen molar-refractivity contribution in [3.8, 4) is 0 Å². The molecule has 1 aromatic rings. The van der Waals surface area contributed by atoms with E-state index in [2.05, 4.69) is 15.5 Å². The van der Waals surface area contributed by atoms with E-state index in [0.717, 1.165) is 24.2 Å². The molecule has 1 aromatic heterocycles. The second kappa shape index (κ2) is 7.04. The van der Waals surface area contributed by atoms with Crippen LogP contribution in [0.5, 0.6) is 0 Å². The number of hydrogen-bond acceptors (Lipinski definition) is 7. The number of urea groups is 1. The first-order valence-electron chi connectivity index (χ1n) is 8.19. The molecule has 2 aliphatic rings. The fraction of sp³-hybridized carbons (Fsp3) is 0.667. The Kier molecular flexibility index (Phi) is 5.00. The number of carbonyl (C=O) groups is 3. The van der Waals surface area contributed by atoms with Gasteiger partial charge in [-0.15, -0.1) is 10.2 Å². The van der Waals surface area contributed by atoms with Gasteiger partial charge in [0, 0.05) is 14.2 Å². The Morgan fingerprint density at radius 1 is 1.28 bits per heavy atom. The van der Waals surface area contributed by atoms with E-state index >= 15 is 0 Å². The quantitative estimate of drug-likeness (QED) is 0.785. The van der Waals surface area contributed by atoms with Crippen molar-refractivity contribution >= 4 is 34.3 Å². The Bertz CT molecular complexity index is 685. The van der Waals surface area contributed by atoms with Gasteiger partial charge in [-0.25, -0.2) is 4.79 Å². The first kappa shape index (κ1) is 17.7. The van der Waals surface area contributed by atoms with Crippen LogP contribution >= 0.6 is 11.3 Å². The molecule has 4 amide bonds. The molecule has 0 bridgehead atoms. The molecular weight excluding hydrogens is 346 g/mol. The fourth-order valence-electron chi connectivity index (χ4n) is 3.46. The molecule has 0 radical (unpaired) electrons. The summed E-state index contributed by atoms with van der Waals surface area (Å²) in [5, 5.41) is 11.2. The third kappa shape index (κ3) is 3.23. The van der Waals surface area contributed by atoms with Crippen LogP contribution in [0.25, 0.3) is 0 Å². The SMILES string of the molecule is COCc1nnc(NC(=O)CN2C(=O)N(C)C3(CCCCC3)C2=O)s1. The van der Waals surface area contributed by atoms with Gasteiger partial charge in [-0.1, -0.05) is 30.6 Å². The lowest BCUT2D eigenvalue weighted by atomic mass is 9.81. The predicted octanol–water partition coefficient (Wildman–Crippen LogP) is 1.22. The molecule has 1 aliphatic carbocycles. The highest BCUT2D eigenvalue weighted by atomic mass is 32.1. The van der Waals surface area contributed by atoms with Crippen molar-refractivity contribution < 1.29 is 19.1 Å². The summed E-state index contributed by atoms with van der Waals surface area (Å²) in [6.45, 7) is -0.00705. The van der Waals surface area contributed by atoms with E-state index in [1.165, 1.54) is 16.2 Å². The van der Waals surface area contributed by atoms with Crippen LogP contribution in [0.15, 0.2) is 0 Å². The van der Waals surface area contributed by atoms with Gasteiger partial charge < -0.3 is 9.64 Å². The number of ether oxygens (including phenoxy) is 1. The van der Waals surface area contributed by atoms with E-state index < -0.39 is 17.5 Å². The third-order valence-corrected chi connectivity index (χ3v) is 5.58. The zero-order valence-corrected chi connectivity index (χ0v) is 15.1. The topological polar surface area (TPSA) is 105 Å². The van der Waals surface area contributed by atoms with E-state index in [1.807, 2.05) is 0 Å². The lowest BCUT2D eigenvalue weighted by Gasteiger charge is -2.35. The summed E-state index contributed by atoms with van der Waals surface area (Å²) in [5.41, 5.74) is -0.774. The van der Waals surface area contributed by atoms with Crippen molar-refractivity contribution in [3.63, 3.8) is 0 Å². The number of methoxy groups -OCH3 is 1. The zero-order valence-electron chi connectivity index (χ0n) is 14.3. The number of amides is 4. The molecule has 1 saturated heterocycles. The molecule has 0 unspecified atom stereocenters. The summed E-state index contributed by atoms with van der Waals surface area (Å²) < 4.78 is 4.95. The Hall–Kier alpha value is -2.07. The van der Waals surface area contributed by atoms with Gasteiger partial charge in [-0.3, -0.25) is 19.8 Å². The van der Waals surface area contributed by atoms with Crippen LogP contribution in [0.1, 0.15) is 37.1 Å². The zero-order chi connectivity index (χ0) is 18.0. The lowest BCUT2D eigenvalue weighted by Crippen LogP contribution is -2.49. The molecular formula is C15H21N5O4S. The smallest absolute Gasteiger partial charge is 0.327 e. The Balaban J connectivity index is 1.66. The Morgan fingerprint density at radius 2 is 2.00 bits per heavy atom. The number of nitrogens with one attached hydrogen (secondary N) is 1. The van der Waals surface area contributed by atoms with Gasteiger partial charge in [-0.2, -0.15) is 0 Å². The van der Waals surface area contributed by atoms with Crippen molar-refractivity contribution in [1.29, 1.82) is 0 Å². The molecule has 10 heteroatoms. The monoisotopic (exact) mass is 367 g/mol. The maximum Gasteiger partial charge on any atom is 0.327 e. The summed E-state index contributed by atoms with van der Waals surface area (Å²) in [6.07, 6.45) is 4.21. The summed E-state index contributed by atoms with van der Waals surface area (Å²) in [5.74, 6) is -0.740. The van der Waals surface area contributed by atoms with Gasteiger partial charge in [0.2, 0.25) is 11.0 Å². The summed E-state index contributed by atoms with van der Waals surface area (Å²) in [6, 6.07) is -0.417. The van der Waals surface area contributed by atoms with Crippen molar-refractivity contribution in [3.05, 3.63) is 5.01 Å². The standard InChI is InChI=1S/C15H21N5O4S/c1-19-14(23)20(12(22)15(19)6-4-3-5-7-15)8-10(21)16-13-18-17-11(25-13)9-24-2/h3-9H2,1-2H3,(H,16,18,21). The molecule has 3 rings (SSSR count). The number of nitrogens with zero attached hydrogens (tertiary/aromatic N) is 4. The molecule has 1 N–H and O–H groups in total. The highest BCUT2D eigenvalue weighted by Crippen LogP contribution is 2.39. The van der Waals surface area contributed by atoms with Crippen LogP contribution in [-0.4, -0.2) is 64.1 Å². The van der Waals surface area contributed by atoms with Gasteiger partial charge in [-0.05, 0) is 12.8 Å². The predicted molar refractivity (Wildman–Crippen MR) is 89.9 cm³/mol. The number of rotatable bonds is 5. The minimum atomic E-state index is -0.774. The van der Waals surface area contributed by atoms with Gasteiger partial charge in [0.05, 0.1) is 0 Å². The van der Waals surface area contributed by atoms with Gasteiger partial charge >= 0.3 is 6.03 Å². The molecule has 136 valence electrons. The average Bonchev–Trinajstić information content (AvgIpc) is 3.10. The first-order chi connectivity index (χ1) is 12.0. The van der Waals surface area contributed by atoms with E-state index in [9.17, 15) is 14.4 Å². The molecule has 1 spiro atoms. The molecule has 2 heterocycles. The van der Waals surface area contributed by atoms with Crippen molar-refractivity contribution in [1.82, 2.24) is 20.0 Å². The van der Waals surface area contributed by atoms with Crippen LogP contribution in [0.3, 0.4) is 0 Å². The lowest BCUT2D eigenvalue weighted by molar-refractivity contribution is -0.136. The van der Waals surface area contributed by atoms with Gasteiger partial charge in [0.1, 0.15) is 23.7 Å². The molecule has 2 fully saturated rings. The van der Waals surface area contributed by atoms with E-state index in [0.29, 0.717) is 29.6 Å². The minimum Gasteiger partial charge on any atom is -0.377 e. The molecule has 9 nitrogen and oxygen atoms in total. The van der Waals surface area contributed by atoms with Crippen LogP contribution in [0, 0.1) is 0 Å². The van der Waals surface area contributed by atoms with Crippen molar-refractivity contribution in [2.24, 2.45) is 0 Å². The van der Waals surface area contributed by atoms with Crippen molar-refractivity contribution in [2.75, 3.05) is 26.0 Å². The normalized spacial score (nSPS) is 19.8.